The fraction of sp³-hybridized carbons (Fsp3) is 0.182. The number of hydrogen-bond donors (Lipinski definition) is 2. The van der Waals surface area contributed by atoms with E-state index in [0.29, 0.717) is 20.6 Å². The van der Waals surface area contributed by atoms with Crippen LogP contribution in [0.5, 0.6) is 0 Å². The Labute approximate surface area is 114 Å². The molecule has 0 aliphatic heterocycles. The maximum atomic E-state index is 10.8. The third kappa shape index (κ3) is 4.45. The van der Waals surface area contributed by atoms with Crippen molar-refractivity contribution in [2.75, 3.05) is 13.1 Å². The van der Waals surface area contributed by atoms with Crippen molar-refractivity contribution >= 4 is 40.7 Å². The topological polar surface area (TPSA) is 55.1 Å². The lowest BCUT2D eigenvalue weighted by Crippen LogP contribution is -2.30. The second-order valence-corrected chi connectivity index (χ2v) is 4.28. The highest BCUT2D eigenvalue weighted by atomic mass is 35.5. The van der Waals surface area contributed by atoms with Gasteiger partial charge in [-0.1, -0.05) is 46.6 Å². The van der Waals surface area contributed by atoms with E-state index in [1.165, 1.54) is 0 Å². The van der Waals surface area contributed by atoms with Crippen LogP contribution in [0.2, 0.25) is 15.1 Å². The van der Waals surface area contributed by atoms with E-state index in [-0.39, 0.29) is 19.0 Å². The molecule has 0 aliphatic rings. The Kier molecular flexibility index (Phi) is 5.60. The lowest BCUT2D eigenvalue weighted by atomic mass is 10.2. The highest BCUT2D eigenvalue weighted by Gasteiger charge is 2.04. The number of benzene rings is 1. The van der Waals surface area contributed by atoms with Crippen molar-refractivity contribution in [3.05, 3.63) is 32.8 Å². The van der Waals surface area contributed by atoms with E-state index < -0.39 is 0 Å². The molecule has 0 unspecified atom stereocenters. The van der Waals surface area contributed by atoms with E-state index in [0.717, 1.165) is 0 Å². The lowest BCUT2D eigenvalue weighted by Gasteiger charge is -2.00. The molecule has 0 atom stereocenters. The summed E-state index contributed by atoms with van der Waals surface area (Å²) in [7, 11) is 0. The Morgan fingerprint density at radius 1 is 1.29 bits per heavy atom. The van der Waals surface area contributed by atoms with E-state index in [1.54, 1.807) is 12.1 Å². The summed E-state index contributed by atoms with van der Waals surface area (Å²) >= 11 is 17.6. The molecule has 1 aromatic rings. The average molecular weight is 292 g/mol. The monoisotopic (exact) mass is 290 g/mol. The first-order chi connectivity index (χ1) is 8.04. The Hall–Kier alpha value is -0.920. The molecule has 0 saturated heterocycles. The highest BCUT2D eigenvalue weighted by molar-refractivity contribution is 6.39. The van der Waals surface area contributed by atoms with Gasteiger partial charge in [0.25, 0.3) is 0 Å². The van der Waals surface area contributed by atoms with Gasteiger partial charge in [-0.05, 0) is 12.1 Å². The molecule has 90 valence electrons. The second kappa shape index (κ2) is 6.73. The molecular weight excluding hydrogens is 282 g/mol. The molecule has 3 nitrogen and oxygen atoms in total. The SMILES string of the molecule is NCC(=O)NCC#Cc1c(Cl)cc(Cl)cc1Cl. The molecule has 0 fully saturated rings. The summed E-state index contributed by atoms with van der Waals surface area (Å²) < 4.78 is 0. The zero-order chi connectivity index (χ0) is 12.8. The molecule has 0 heterocycles. The quantitative estimate of drug-likeness (QED) is 0.820. The van der Waals surface area contributed by atoms with E-state index in [2.05, 4.69) is 17.2 Å². The Balaban J connectivity index is 2.75. The van der Waals surface area contributed by atoms with E-state index in [1.807, 2.05) is 0 Å². The smallest absolute Gasteiger partial charge is 0.234 e. The Morgan fingerprint density at radius 2 is 1.88 bits per heavy atom. The van der Waals surface area contributed by atoms with Crippen molar-refractivity contribution in [2.45, 2.75) is 0 Å². The van der Waals surface area contributed by atoms with Crippen molar-refractivity contribution in [1.29, 1.82) is 0 Å². The lowest BCUT2D eigenvalue weighted by molar-refractivity contribution is -0.119. The van der Waals surface area contributed by atoms with Gasteiger partial charge in [0.2, 0.25) is 5.91 Å². The first kappa shape index (κ1) is 14.1. The number of rotatable bonds is 2. The minimum absolute atomic E-state index is 0.0653. The van der Waals surface area contributed by atoms with Crippen molar-refractivity contribution < 1.29 is 4.79 Å². The van der Waals surface area contributed by atoms with Gasteiger partial charge in [-0.25, -0.2) is 0 Å². The molecule has 17 heavy (non-hydrogen) atoms. The third-order valence-electron chi connectivity index (χ3n) is 1.78. The molecule has 1 amide bonds. The molecule has 1 aromatic carbocycles. The van der Waals surface area contributed by atoms with Crippen LogP contribution in [0.4, 0.5) is 0 Å². The van der Waals surface area contributed by atoms with E-state index in [4.69, 9.17) is 40.5 Å². The molecule has 0 aromatic heterocycles. The fourth-order valence-electron chi connectivity index (χ4n) is 1.01. The van der Waals surface area contributed by atoms with Crippen LogP contribution in [0.3, 0.4) is 0 Å². The van der Waals surface area contributed by atoms with Crippen LogP contribution in [-0.4, -0.2) is 19.0 Å². The fourth-order valence-corrected chi connectivity index (χ4v) is 1.92. The molecular formula is C11H9Cl3N2O. The van der Waals surface area contributed by atoms with Crippen LogP contribution in [0.1, 0.15) is 5.56 Å². The zero-order valence-corrected chi connectivity index (χ0v) is 11.0. The Morgan fingerprint density at radius 3 is 2.41 bits per heavy atom. The molecule has 1 rings (SSSR count). The summed E-state index contributed by atoms with van der Waals surface area (Å²) in [5.74, 6) is 5.21. The predicted molar refractivity (Wildman–Crippen MR) is 70.4 cm³/mol. The third-order valence-corrected chi connectivity index (χ3v) is 2.59. The van der Waals surface area contributed by atoms with E-state index in [9.17, 15) is 4.79 Å². The summed E-state index contributed by atoms with van der Waals surface area (Å²) in [5, 5.41) is 3.70. The van der Waals surface area contributed by atoms with Crippen LogP contribution in [0.15, 0.2) is 12.1 Å². The molecule has 0 bridgehead atoms. The molecule has 0 radical (unpaired) electrons. The molecule has 0 aliphatic carbocycles. The maximum absolute atomic E-state index is 10.8. The van der Waals surface area contributed by atoms with Gasteiger partial charge >= 0.3 is 0 Å². The normalized spacial score (nSPS) is 9.41. The van der Waals surface area contributed by atoms with Crippen molar-refractivity contribution in [2.24, 2.45) is 5.73 Å². The number of hydrogen-bond acceptors (Lipinski definition) is 2. The summed E-state index contributed by atoms with van der Waals surface area (Å²) in [6.07, 6.45) is 0. The van der Waals surface area contributed by atoms with Gasteiger partial charge < -0.3 is 11.1 Å². The van der Waals surface area contributed by atoms with Crippen LogP contribution in [0, 0.1) is 11.8 Å². The predicted octanol–water partition coefficient (Wildman–Crippen LogP) is 2.07. The molecule has 0 spiro atoms. The van der Waals surface area contributed by atoms with Gasteiger partial charge in [-0.3, -0.25) is 4.79 Å². The van der Waals surface area contributed by atoms with Gasteiger partial charge in [-0.2, -0.15) is 0 Å². The van der Waals surface area contributed by atoms with Crippen LogP contribution in [0.25, 0.3) is 0 Å². The molecule has 6 heteroatoms. The zero-order valence-electron chi connectivity index (χ0n) is 8.69. The van der Waals surface area contributed by atoms with E-state index >= 15 is 0 Å². The Bertz CT molecular complexity index is 468. The number of carbonyl (C=O) groups is 1. The standard InChI is InChI=1S/C11H9Cl3N2O/c12-7-4-9(13)8(10(14)5-7)2-1-3-16-11(17)6-15/h4-5H,3,6,15H2,(H,16,17). The number of nitrogens with one attached hydrogen (secondary N) is 1. The number of halogens is 3. The highest BCUT2D eigenvalue weighted by Crippen LogP contribution is 2.27. The van der Waals surface area contributed by atoms with Crippen molar-refractivity contribution in [3.8, 4) is 11.8 Å². The maximum Gasteiger partial charge on any atom is 0.234 e. The number of amides is 1. The summed E-state index contributed by atoms with van der Waals surface area (Å²) in [6, 6.07) is 3.11. The summed E-state index contributed by atoms with van der Waals surface area (Å²) in [5.41, 5.74) is 5.60. The van der Waals surface area contributed by atoms with Crippen LogP contribution in [-0.2, 0) is 4.79 Å². The first-order valence-electron chi connectivity index (χ1n) is 4.64. The second-order valence-electron chi connectivity index (χ2n) is 3.03. The molecule has 3 N–H and O–H groups in total. The minimum atomic E-state index is -0.271. The van der Waals surface area contributed by atoms with Gasteiger partial charge in [0.15, 0.2) is 0 Å². The van der Waals surface area contributed by atoms with Gasteiger partial charge in [0.05, 0.1) is 28.7 Å². The summed E-state index contributed by atoms with van der Waals surface area (Å²) in [4.78, 5) is 10.8. The summed E-state index contributed by atoms with van der Waals surface area (Å²) in [6.45, 7) is 0.120. The van der Waals surface area contributed by atoms with Gasteiger partial charge in [-0.15, -0.1) is 0 Å². The van der Waals surface area contributed by atoms with Gasteiger partial charge in [0.1, 0.15) is 0 Å². The average Bonchev–Trinajstić information content (AvgIpc) is 2.26. The first-order valence-corrected chi connectivity index (χ1v) is 5.78. The number of carbonyl (C=O) groups excluding carboxylic acids is 1. The number of nitrogens with two attached hydrogens (primary N) is 1. The van der Waals surface area contributed by atoms with Crippen LogP contribution < -0.4 is 11.1 Å². The van der Waals surface area contributed by atoms with Gasteiger partial charge in [0, 0.05) is 5.02 Å². The van der Waals surface area contributed by atoms with Crippen LogP contribution >= 0.6 is 34.8 Å². The minimum Gasteiger partial charge on any atom is -0.344 e. The van der Waals surface area contributed by atoms with Crippen molar-refractivity contribution in [3.63, 3.8) is 0 Å². The molecule has 0 saturated carbocycles. The largest absolute Gasteiger partial charge is 0.344 e. The van der Waals surface area contributed by atoms with Crippen molar-refractivity contribution in [1.82, 2.24) is 5.32 Å².